The van der Waals surface area contributed by atoms with Crippen LogP contribution in [0.15, 0.2) is 12.1 Å². The maximum absolute atomic E-state index is 13.6. The number of aldehydes is 1. The summed E-state index contributed by atoms with van der Waals surface area (Å²) in [7, 11) is 0. The van der Waals surface area contributed by atoms with Gasteiger partial charge in [0.1, 0.15) is 6.29 Å². The van der Waals surface area contributed by atoms with E-state index in [1.165, 1.54) is 0 Å². The lowest BCUT2D eigenvalue weighted by Gasteiger charge is -2.16. The molecule has 19 heavy (non-hydrogen) atoms. The molecule has 1 unspecified atom stereocenters. The first kappa shape index (κ1) is 13.5. The summed E-state index contributed by atoms with van der Waals surface area (Å²) in [5, 5.41) is 2.61. The predicted octanol–water partition coefficient (Wildman–Crippen LogP) is 1.82. The van der Waals surface area contributed by atoms with Crippen molar-refractivity contribution in [2.24, 2.45) is 0 Å². The lowest BCUT2D eigenvalue weighted by molar-refractivity contribution is -0.127. The van der Waals surface area contributed by atoms with Gasteiger partial charge < -0.3 is 10.1 Å². The van der Waals surface area contributed by atoms with E-state index in [2.05, 4.69) is 5.32 Å². The van der Waals surface area contributed by atoms with Crippen LogP contribution >= 0.6 is 0 Å². The van der Waals surface area contributed by atoms with E-state index < -0.39 is 23.5 Å². The van der Waals surface area contributed by atoms with Crippen LogP contribution in [-0.2, 0) is 4.79 Å². The second-order valence-electron chi connectivity index (χ2n) is 4.32. The number of halogens is 2. The van der Waals surface area contributed by atoms with E-state index in [1.54, 1.807) is 0 Å². The number of amides is 1. The van der Waals surface area contributed by atoms with Crippen molar-refractivity contribution in [2.75, 3.05) is 6.54 Å². The van der Waals surface area contributed by atoms with Crippen molar-refractivity contribution in [2.45, 2.75) is 25.4 Å². The molecule has 1 aliphatic rings. The van der Waals surface area contributed by atoms with Crippen LogP contribution in [0, 0.1) is 11.6 Å². The Hall–Kier alpha value is -1.98. The molecule has 0 aliphatic carbocycles. The zero-order chi connectivity index (χ0) is 13.8. The Morgan fingerprint density at radius 3 is 2.58 bits per heavy atom. The van der Waals surface area contributed by atoms with Gasteiger partial charge in [-0.1, -0.05) is 0 Å². The third kappa shape index (κ3) is 3.07. The smallest absolute Gasteiger partial charge is 0.261 e. The van der Waals surface area contributed by atoms with Crippen molar-refractivity contribution >= 4 is 12.2 Å². The zero-order valence-corrected chi connectivity index (χ0v) is 10.1. The molecule has 1 atom stereocenters. The molecule has 0 radical (unpaired) electrons. The van der Waals surface area contributed by atoms with E-state index in [4.69, 9.17) is 4.74 Å². The van der Waals surface area contributed by atoms with Crippen molar-refractivity contribution < 1.29 is 23.1 Å². The second kappa shape index (κ2) is 5.77. The first-order valence-electron chi connectivity index (χ1n) is 6.00. The van der Waals surface area contributed by atoms with Crippen LogP contribution in [0.4, 0.5) is 8.78 Å². The largest absolute Gasteiger partial charge is 0.474 e. The average molecular weight is 269 g/mol. The van der Waals surface area contributed by atoms with Gasteiger partial charge in [-0.2, -0.15) is 0 Å². The Balaban J connectivity index is 2.22. The molecule has 1 aliphatic heterocycles. The minimum Gasteiger partial charge on any atom is -0.474 e. The van der Waals surface area contributed by atoms with E-state index in [0.29, 0.717) is 19.3 Å². The standard InChI is InChI=1S/C13H13F2NO3/c14-9-5-8(7-17)6-10(15)12(9)19-11-3-1-2-4-16-13(11)18/h5-7,11H,1-4H2,(H,16,18). The molecule has 0 bridgehead atoms. The van der Waals surface area contributed by atoms with Gasteiger partial charge in [0.15, 0.2) is 23.5 Å². The first-order chi connectivity index (χ1) is 9.11. The zero-order valence-electron chi connectivity index (χ0n) is 10.1. The second-order valence-corrected chi connectivity index (χ2v) is 4.32. The van der Waals surface area contributed by atoms with E-state index >= 15 is 0 Å². The van der Waals surface area contributed by atoms with Crippen LogP contribution in [0.5, 0.6) is 5.75 Å². The Morgan fingerprint density at radius 1 is 1.26 bits per heavy atom. The van der Waals surface area contributed by atoms with Gasteiger partial charge in [0.25, 0.3) is 5.91 Å². The number of hydrogen-bond donors (Lipinski definition) is 1. The first-order valence-corrected chi connectivity index (χ1v) is 6.00. The number of carbonyl (C=O) groups is 2. The molecule has 1 aromatic carbocycles. The minimum absolute atomic E-state index is 0.118. The number of benzene rings is 1. The van der Waals surface area contributed by atoms with Crippen LogP contribution in [0.2, 0.25) is 0 Å². The highest BCUT2D eigenvalue weighted by molar-refractivity contribution is 5.81. The number of carbonyl (C=O) groups excluding carboxylic acids is 2. The van der Waals surface area contributed by atoms with Crippen molar-refractivity contribution in [3.05, 3.63) is 29.3 Å². The maximum Gasteiger partial charge on any atom is 0.261 e. The topological polar surface area (TPSA) is 55.4 Å². The van der Waals surface area contributed by atoms with Crippen LogP contribution < -0.4 is 10.1 Å². The van der Waals surface area contributed by atoms with Gasteiger partial charge in [0, 0.05) is 12.1 Å². The Bertz CT molecular complexity index is 482. The number of ether oxygens (including phenoxy) is 1. The fourth-order valence-corrected chi connectivity index (χ4v) is 1.93. The molecule has 4 nitrogen and oxygen atoms in total. The lowest BCUT2D eigenvalue weighted by atomic mass is 10.1. The van der Waals surface area contributed by atoms with Crippen molar-refractivity contribution in [3.8, 4) is 5.75 Å². The summed E-state index contributed by atoms with van der Waals surface area (Å²) in [4.78, 5) is 22.1. The normalized spacial score (nSPS) is 19.5. The number of hydrogen-bond acceptors (Lipinski definition) is 3. The van der Waals surface area contributed by atoms with E-state index in [1.807, 2.05) is 0 Å². The fraction of sp³-hybridized carbons (Fsp3) is 0.385. The van der Waals surface area contributed by atoms with Crippen LogP contribution in [0.3, 0.4) is 0 Å². The molecule has 1 amide bonds. The van der Waals surface area contributed by atoms with E-state index in [9.17, 15) is 18.4 Å². The molecular weight excluding hydrogens is 256 g/mol. The molecule has 2 rings (SSSR count). The van der Waals surface area contributed by atoms with Gasteiger partial charge in [-0.05, 0) is 31.4 Å². The molecule has 6 heteroatoms. The van der Waals surface area contributed by atoms with Crippen LogP contribution in [-0.4, -0.2) is 24.8 Å². The number of rotatable bonds is 3. The van der Waals surface area contributed by atoms with Gasteiger partial charge in [-0.15, -0.1) is 0 Å². The summed E-state index contributed by atoms with van der Waals surface area (Å²) in [5.74, 6) is -2.97. The molecule has 102 valence electrons. The number of nitrogens with one attached hydrogen (secondary N) is 1. The van der Waals surface area contributed by atoms with E-state index in [0.717, 1.165) is 25.0 Å². The minimum atomic E-state index is -0.987. The summed E-state index contributed by atoms with van der Waals surface area (Å²) in [6.07, 6.45) is 1.38. The van der Waals surface area contributed by atoms with Gasteiger partial charge in [0.05, 0.1) is 0 Å². The summed E-state index contributed by atoms with van der Waals surface area (Å²) >= 11 is 0. The average Bonchev–Trinajstić information content (AvgIpc) is 2.58. The van der Waals surface area contributed by atoms with E-state index in [-0.39, 0.29) is 11.5 Å². The summed E-state index contributed by atoms with van der Waals surface area (Å²) < 4.78 is 32.4. The predicted molar refractivity (Wildman–Crippen MR) is 63.0 cm³/mol. The molecule has 0 aromatic heterocycles. The highest BCUT2D eigenvalue weighted by Crippen LogP contribution is 2.25. The Morgan fingerprint density at radius 2 is 1.95 bits per heavy atom. The molecule has 1 N–H and O–H groups in total. The Kier molecular flexibility index (Phi) is 4.09. The van der Waals surface area contributed by atoms with Crippen molar-refractivity contribution in [1.29, 1.82) is 0 Å². The molecule has 1 fully saturated rings. The highest BCUT2D eigenvalue weighted by Gasteiger charge is 2.25. The summed E-state index contributed by atoms with van der Waals surface area (Å²) in [5.41, 5.74) is -0.118. The highest BCUT2D eigenvalue weighted by atomic mass is 19.1. The SMILES string of the molecule is O=Cc1cc(F)c(OC2CCCCNC2=O)c(F)c1. The molecule has 1 heterocycles. The fourth-order valence-electron chi connectivity index (χ4n) is 1.93. The van der Waals surface area contributed by atoms with Crippen molar-refractivity contribution in [1.82, 2.24) is 5.32 Å². The van der Waals surface area contributed by atoms with Crippen molar-refractivity contribution in [3.63, 3.8) is 0 Å². The third-order valence-corrected chi connectivity index (χ3v) is 2.90. The van der Waals surface area contributed by atoms with Gasteiger partial charge in [-0.3, -0.25) is 9.59 Å². The molecule has 1 saturated heterocycles. The van der Waals surface area contributed by atoms with Gasteiger partial charge >= 0.3 is 0 Å². The molecule has 0 saturated carbocycles. The molecular formula is C13H13F2NO3. The van der Waals surface area contributed by atoms with Crippen LogP contribution in [0.1, 0.15) is 29.6 Å². The monoisotopic (exact) mass is 269 g/mol. The molecule has 0 spiro atoms. The van der Waals surface area contributed by atoms with Crippen LogP contribution in [0.25, 0.3) is 0 Å². The quantitative estimate of drug-likeness (QED) is 0.852. The lowest BCUT2D eigenvalue weighted by Crippen LogP contribution is -2.36. The third-order valence-electron chi connectivity index (χ3n) is 2.90. The van der Waals surface area contributed by atoms with Gasteiger partial charge in [0.2, 0.25) is 0 Å². The Labute approximate surface area is 108 Å². The maximum atomic E-state index is 13.6. The molecule has 1 aromatic rings. The summed E-state index contributed by atoms with van der Waals surface area (Å²) in [6.45, 7) is 0.535. The summed E-state index contributed by atoms with van der Waals surface area (Å²) in [6, 6.07) is 1.75. The van der Waals surface area contributed by atoms with Gasteiger partial charge in [-0.25, -0.2) is 8.78 Å².